The average molecular weight is 419 g/mol. The lowest BCUT2D eigenvalue weighted by Gasteiger charge is -2.33. The quantitative estimate of drug-likeness (QED) is 0.449. The van der Waals surface area contributed by atoms with Crippen LogP contribution in [0, 0.1) is 0 Å². The predicted molar refractivity (Wildman–Crippen MR) is 96.7 cm³/mol. The van der Waals surface area contributed by atoms with Crippen LogP contribution >= 0.6 is 0 Å². The van der Waals surface area contributed by atoms with Gasteiger partial charge in [0.15, 0.2) is 5.54 Å². The highest BCUT2D eigenvalue weighted by molar-refractivity contribution is 5.98. The first-order chi connectivity index (χ1) is 14.3. The van der Waals surface area contributed by atoms with Gasteiger partial charge in [-0.15, -0.1) is 0 Å². The third kappa shape index (κ3) is 3.12. The van der Waals surface area contributed by atoms with Crippen LogP contribution < -0.4 is 14.8 Å². The second-order valence-corrected chi connectivity index (χ2v) is 6.35. The van der Waals surface area contributed by atoms with Crippen LogP contribution in [0.2, 0.25) is 0 Å². The van der Waals surface area contributed by atoms with E-state index in [1.54, 1.807) is 29.6 Å². The van der Waals surface area contributed by atoms with Crippen molar-refractivity contribution in [3.05, 3.63) is 58.0 Å². The number of nitrogens with zero attached hydrogens (tertiary/aromatic N) is 4. The molecule has 0 unspecified atom stereocenters. The number of rotatable bonds is 2. The molecule has 0 saturated heterocycles. The van der Waals surface area contributed by atoms with Crippen molar-refractivity contribution in [2.75, 3.05) is 13.7 Å². The number of methoxy groups -OCH3 is 1. The number of hydrogen-bond donors (Lipinski definition) is 1. The second kappa shape index (κ2) is 6.85. The van der Waals surface area contributed by atoms with Crippen LogP contribution in [0.5, 0.6) is 17.2 Å². The Balaban J connectivity index is 1.88. The van der Waals surface area contributed by atoms with E-state index in [1.165, 1.54) is 19.2 Å². The molecule has 1 N–H and O–H groups in total. The van der Waals surface area contributed by atoms with Gasteiger partial charge in [0.1, 0.15) is 23.9 Å². The number of carbonyl (C=O) groups excluding carboxylic acids is 1. The fourth-order valence-electron chi connectivity index (χ4n) is 3.27. The van der Waals surface area contributed by atoms with Crippen LogP contribution in [0.15, 0.2) is 46.5 Å². The van der Waals surface area contributed by atoms with Gasteiger partial charge in [-0.25, -0.2) is 4.99 Å². The molecule has 154 valence electrons. The van der Waals surface area contributed by atoms with Crippen LogP contribution in [0.3, 0.4) is 0 Å². The van der Waals surface area contributed by atoms with Crippen molar-refractivity contribution in [2.45, 2.75) is 11.7 Å². The lowest BCUT2D eigenvalue weighted by molar-refractivity contribution is -0.172. The smallest absolute Gasteiger partial charge is 0.471 e. The van der Waals surface area contributed by atoms with Crippen LogP contribution in [0.25, 0.3) is 10.4 Å². The molecular formula is C18H12F3N5O4. The van der Waals surface area contributed by atoms with E-state index < -0.39 is 23.6 Å². The van der Waals surface area contributed by atoms with Gasteiger partial charge in [-0.2, -0.15) is 13.2 Å². The molecule has 0 aliphatic carbocycles. The molecule has 0 radical (unpaired) electrons. The number of amidine groups is 1. The van der Waals surface area contributed by atoms with Crippen molar-refractivity contribution < 1.29 is 32.2 Å². The molecule has 0 fully saturated rings. The second-order valence-electron chi connectivity index (χ2n) is 6.35. The van der Waals surface area contributed by atoms with E-state index in [-0.39, 0.29) is 12.3 Å². The van der Waals surface area contributed by atoms with E-state index >= 15 is 0 Å². The number of fused-ring (bicyclic) bond motifs is 4. The largest absolute Gasteiger partial charge is 0.497 e. The average Bonchev–Trinajstić information content (AvgIpc) is 3.12. The summed E-state index contributed by atoms with van der Waals surface area (Å²) in [4.78, 5) is 18.3. The number of ether oxygens (including phenoxy) is 3. The van der Waals surface area contributed by atoms with Crippen LogP contribution in [-0.4, -0.2) is 31.8 Å². The molecule has 2 aromatic carbocycles. The molecule has 9 nitrogen and oxygen atoms in total. The highest BCUT2D eigenvalue weighted by Gasteiger charge is 2.49. The summed E-state index contributed by atoms with van der Waals surface area (Å²) in [5, 5.41) is 5.18. The fourth-order valence-corrected chi connectivity index (χ4v) is 3.27. The fraction of sp³-hybridized carbons (Fsp3) is 0.222. The van der Waals surface area contributed by atoms with E-state index in [2.05, 4.69) is 15.0 Å². The minimum absolute atomic E-state index is 0.225. The van der Waals surface area contributed by atoms with Crippen molar-refractivity contribution in [1.82, 2.24) is 5.32 Å². The van der Waals surface area contributed by atoms with Gasteiger partial charge in [-0.3, -0.25) is 10.1 Å². The molecule has 1 atom stereocenters. The summed E-state index contributed by atoms with van der Waals surface area (Å²) in [5.74, 6) is -1.02. The van der Waals surface area contributed by atoms with Gasteiger partial charge >= 0.3 is 12.1 Å². The zero-order valence-corrected chi connectivity index (χ0v) is 15.2. The van der Waals surface area contributed by atoms with Gasteiger partial charge in [0.05, 0.1) is 7.11 Å². The van der Waals surface area contributed by atoms with Crippen molar-refractivity contribution in [1.29, 1.82) is 0 Å². The lowest BCUT2D eigenvalue weighted by atomic mass is 9.81. The number of hydrogen-bond acceptors (Lipinski definition) is 6. The molecule has 1 amide bonds. The zero-order valence-electron chi connectivity index (χ0n) is 15.2. The minimum Gasteiger partial charge on any atom is -0.497 e. The Kier molecular flexibility index (Phi) is 4.43. The number of alkyl halides is 3. The predicted octanol–water partition coefficient (Wildman–Crippen LogP) is 4.05. The van der Waals surface area contributed by atoms with Crippen molar-refractivity contribution in [2.24, 2.45) is 10.1 Å². The number of azide groups is 1. The summed E-state index contributed by atoms with van der Waals surface area (Å²) in [5.41, 5.74) is 8.46. The summed E-state index contributed by atoms with van der Waals surface area (Å²) >= 11 is 0. The molecule has 1 spiro atoms. The Morgan fingerprint density at radius 3 is 2.63 bits per heavy atom. The molecule has 2 heterocycles. The monoisotopic (exact) mass is 419 g/mol. The number of aliphatic imine (C=N–C) groups is 1. The minimum atomic E-state index is -5.11. The normalized spacial score (nSPS) is 18.9. The molecule has 0 aromatic heterocycles. The Morgan fingerprint density at radius 1 is 1.27 bits per heavy atom. The summed E-state index contributed by atoms with van der Waals surface area (Å²) in [6, 6.07) is 8.87. The van der Waals surface area contributed by atoms with Crippen LogP contribution in [0.1, 0.15) is 11.1 Å². The highest BCUT2D eigenvalue weighted by Crippen LogP contribution is 2.52. The maximum Gasteiger partial charge on any atom is 0.471 e. The maximum absolute atomic E-state index is 12.6. The molecule has 30 heavy (non-hydrogen) atoms. The maximum atomic E-state index is 12.6. The molecule has 2 aliphatic heterocycles. The van der Waals surface area contributed by atoms with Crippen molar-refractivity contribution in [3.63, 3.8) is 0 Å². The first-order valence-electron chi connectivity index (χ1n) is 8.43. The van der Waals surface area contributed by atoms with E-state index in [1.807, 2.05) is 0 Å². The summed E-state index contributed by atoms with van der Waals surface area (Å²) in [7, 11) is 1.45. The molecule has 12 heteroatoms. The zero-order chi connectivity index (χ0) is 21.5. The van der Waals surface area contributed by atoms with Gasteiger partial charge in [-0.05, 0) is 41.9 Å². The molecule has 0 bridgehead atoms. The van der Waals surface area contributed by atoms with Gasteiger partial charge in [0.25, 0.3) is 6.02 Å². The molecule has 0 saturated carbocycles. The van der Waals surface area contributed by atoms with E-state index in [9.17, 15) is 18.0 Å². The Hall–Kier alpha value is -3.92. The Labute approximate surface area is 166 Å². The molecule has 4 rings (SSSR count). The van der Waals surface area contributed by atoms with E-state index in [4.69, 9.17) is 19.7 Å². The summed E-state index contributed by atoms with van der Waals surface area (Å²) in [6.45, 7) is -0.225. The third-order valence-corrected chi connectivity index (χ3v) is 4.61. The lowest BCUT2D eigenvalue weighted by Crippen LogP contribution is -2.40. The molecule has 2 aliphatic rings. The van der Waals surface area contributed by atoms with E-state index in [0.717, 1.165) is 0 Å². The Bertz CT molecular complexity index is 1130. The summed E-state index contributed by atoms with van der Waals surface area (Å²) in [6.07, 6.45) is -5.11. The first kappa shape index (κ1) is 19.4. The summed E-state index contributed by atoms with van der Waals surface area (Å²) < 4.78 is 54.4. The SMILES string of the molecule is COc1ccc2c(c1)[C@]1(COC(NC(=O)C(F)(F)F)=N1)c1cc(N=[N+]=[N-])ccc1O2. The number of halogens is 3. The first-order valence-corrected chi connectivity index (χ1v) is 8.43. The van der Waals surface area contributed by atoms with Gasteiger partial charge < -0.3 is 14.2 Å². The number of amides is 1. The van der Waals surface area contributed by atoms with Crippen LogP contribution in [0.4, 0.5) is 18.9 Å². The van der Waals surface area contributed by atoms with Crippen molar-refractivity contribution >= 4 is 17.6 Å². The van der Waals surface area contributed by atoms with Gasteiger partial charge in [0, 0.05) is 21.7 Å². The highest BCUT2D eigenvalue weighted by atomic mass is 19.4. The number of benzene rings is 2. The Morgan fingerprint density at radius 2 is 1.97 bits per heavy atom. The molecular weight excluding hydrogens is 407 g/mol. The number of nitrogens with one attached hydrogen (secondary N) is 1. The standard InChI is InChI=1S/C18H12F3N5O4/c1-28-10-3-5-14-12(7-10)17(8-29-16(24-17)23-15(27)18(19,20)21)11-6-9(25-26-22)2-4-13(11)30-14/h2-7H,8H2,1H3,(H,23,24,27)/t17-/m0/s1. The number of carbonyl (C=O) groups is 1. The van der Waals surface area contributed by atoms with Crippen LogP contribution in [-0.2, 0) is 15.1 Å². The van der Waals surface area contributed by atoms with Crippen molar-refractivity contribution in [3.8, 4) is 17.2 Å². The van der Waals surface area contributed by atoms with Gasteiger partial charge in [-0.1, -0.05) is 5.11 Å². The van der Waals surface area contributed by atoms with E-state index in [0.29, 0.717) is 28.4 Å². The topological polar surface area (TPSA) is 118 Å². The third-order valence-electron chi connectivity index (χ3n) is 4.61. The van der Waals surface area contributed by atoms with Gasteiger partial charge in [0.2, 0.25) is 0 Å². The molecule has 2 aromatic rings.